The minimum absolute atomic E-state index is 0.272. The summed E-state index contributed by atoms with van der Waals surface area (Å²) in [4.78, 5) is 2.56. The van der Waals surface area contributed by atoms with E-state index in [0.29, 0.717) is 6.04 Å². The van der Waals surface area contributed by atoms with Crippen molar-refractivity contribution in [3.8, 4) is 6.07 Å². The molecule has 1 aliphatic rings. The van der Waals surface area contributed by atoms with Gasteiger partial charge < -0.3 is 0 Å². The predicted octanol–water partition coefficient (Wildman–Crippen LogP) is 3.44. The van der Waals surface area contributed by atoms with E-state index in [2.05, 4.69) is 31.7 Å². The quantitative estimate of drug-likeness (QED) is 0.712. The molecule has 16 heavy (non-hydrogen) atoms. The molecule has 0 heterocycles. The lowest BCUT2D eigenvalue weighted by molar-refractivity contribution is 0.105. The van der Waals surface area contributed by atoms with Crippen LogP contribution in [0.3, 0.4) is 0 Å². The Morgan fingerprint density at radius 1 is 1.19 bits per heavy atom. The van der Waals surface area contributed by atoms with Gasteiger partial charge in [0.1, 0.15) is 0 Å². The van der Waals surface area contributed by atoms with E-state index < -0.39 is 0 Å². The summed E-state index contributed by atoms with van der Waals surface area (Å²) in [5.74, 6) is 1.07. The van der Waals surface area contributed by atoms with Crippen LogP contribution in [0.15, 0.2) is 0 Å². The fourth-order valence-corrected chi connectivity index (χ4v) is 2.92. The first kappa shape index (κ1) is 13.5. The zero-order valence-electron chi connectivity index (χ0n) is 11.1. The summed E-state index contributed by atoms with van der Waals surface area (Å²) in [7, 11) is 0. The molecule has 3 unspecified atom stereocenters. The summed E-state index contributed by atoms with van der Waals surface area (Å²) in [5.41, 5.74) is 0. The Morgan fingerprint density at radius 3 is 2.31 bits per heavy atom. The molecular formula is C14H26N2. The fourth-order valence-electron chi connectivity index (χ4n) is 2.92. The summed E-state index contributed by atoms with van der Waals surface area (Å²) >= 11 is 0. The Bertz CT molecular complexity index is 225. The molecule has 0 saturated heterocycles. The van der Waals surface area contributed by atoms with Gasteiger partial charge in [0.05, 0.1) is 12.0 Å². The van der Waals surface area contributed by atoms with Crippen LogP contribution in [0.25, 0.3) is 0 Å². The molecule has 2 nitrogen and oxygen atoms in total. The molecule has 0 aromatic carbocycles. The van der Waals surface area contributed by atoms with Gasteiger partial charge in [-0.25, -0.2) is 0 Å². The van der Waals surface area contributed by atoms with E-state index >= 15 is 0 Å². The molecule has 1 fully saturated rings. The highest BCUT2D eigenvalue weighted by Crippen LogP contribution is 2.32. The molecule has 1 saturated carbocycles. The number of hydrogen-bond donors (Lipinski definition) is 0. The van der Waals surface area contributed by atoms with Crippen LogP contribution in [0.5, 0.6) is 0 Å². The zero-order valence-corrected chi connectivity index (χ0v) is 11.1. The van der Waals surface area contributed by atoms with E-state index in [0.717, 1.165) is 25.4 Å². The number of hydrogen-bond acceptors (Lipinski definition) is 2. The lowest BCUT2D eigenvalue weighted by atomic mass is 9.79. The summed E-state index contributed by atoms with van der Waals surface area (Å²) in [6.07, 6.45) is 5.96. The number of nitrogens with zero attached hydrogens (tertiary/aromatic N) is 2. The maximum absolute atomic E-state index is 9.26. The Labute approximate surface area is 101 Å². The van der Waals surface area contributed by atoms with Gasteiger partial charge in [0, 0.05) is 6.04 Å². The van der Waals surface area contributed by atoms with Crippen LogP contribution < -0.4 is 0 Å². The van der Waals surface area contributed by atoms with E-state index in [4.69, 9.17) is 0 Å². The third kappa shape index (κ3) is 3.49. The Balaban J connectivity index is 2.66. The molecular weight excluding hydrogens is 196 g/mol. The fraction of sp³-hybridized carbons (Fsp3) is 0.929. The van der Waals surface area contributed by atoms with Crippen molar-refractivity contribution in [2.24, 2.45) is 11.8 Å². The summed E-state index contributed by atoms with van der Waals surface area (Å²) < 4.78 is 0. The first-order valence-corrected chi connectivity index (χ1v) is 6.86. The lowest BCUT2D eigenvalue weighted by Gasteiger charge is -2.39. The van der Waals surface area contributed by atoms with Crippen LogP contribution in [0.2, 0.25) is 0 Å². The van der Waals surface area contributed by atoms with Crippen LogP contribution in [0.4, 0.5) is 0 Å². The smallest absolute Gasteiger partial charge is 0.0672 e. The monoisotopic (exact) mass is 222 g/mol. The average Bonchev–Trinajstić information content (AvgIpc) is 2.29. The lowest BCUT2D eigenvalue weighted by Crippen LogP contribution is -2.44. The molecule has 0 bridgehead atoms. The van der Waals surface area contributed by atoms with Crippen LogP contribution in [-0.4, -0.2) is 24.0 Å². The molecule has 3 atom stereocenters. The maximum Gasteiger partial charge on any atom is 0.0672 e. The Kier molecular flexibility index (Phi) is 5.84. The van der Waals surface area contributed by atoms with Gasteiger partial charge in [0.25, 0.3) is 0 Å². The molecule has 0 amide bonds. The molecule has 0 aliphatic heterocycles. The standard InChI is InChI=1S/C14H26N2/c1-4-8-16(9-5-2)14-10-12(3)6-7-13(14)11-15/h12-14H,4-10H2,1-3H3. The second-order valence-corrected chi connectivity index (χ2v) is 5.26. The van der Waals surface area contributed by atoms with Crippen LogP contribution in [-0.2, 0) is 0 Å². The number of nitriles is 1. The average molecular weight is 222 g/mol. The van der Waals surface area contributed by atoms with Gasteiger partial charge in [-0.15, -0.1) is 0 Å². The number of rotatable bonds is 5. The van der Waals surface area contributed by atoms with E-state index in [9.17, 15) is 5.26 Å². The second kappa shape index (κ2) is 6.91. The first-order chi connectivity index (χ1) is 7.72. The van der Waals surface area contributed by atoms with Crippen molar-refractivity contribution in [3.63, 3.8) is 0 Å². The topological polar surface area (TPSA) is 27.0 Å². The van der Waals surface area contributed by atoms with Gasteiger partial charge in [0.2, 0.25) is 0 Å². The van der Waals surface area contributed by atoms with Gasteiger partial charge in [-0.1, -0.05) is 20.8 Å². The van der Waals surface area contributed by atoms with E-state index in [1.54, 1.807) is 0 Å². The third-order valence-electron chi connectivity index (χ3n) is 3.74. The van der Waals surface area contributed by atoms with Gasteiger partial charge >= 0.3 is 0 Å². The SMILES string of the molecule is CCCN(CCC)C1CC(C)CCC1C#N. The molecule has 0 aromatic heterocycles. The van der Waals surface area contributed by atoms with Crippen LogP contribution in [0, 0.1) is 23.2 Å². The van der Waals surface area contributed by atoms with Crippen molar-refractivity contribution < 1.29 is 0 Å². The van der Waals surface area contributed by atoms with Gasteiger partial charge in [0.15, 0.2) is 0 Å². The Hall–Kier alpha value is -0.550. The van der Waals surface area contributed by atoms with Crippen molar-refractivity contribution in [1.82, 2.24) is 4.90 Å². The molecule has 0 spiro atoms. The first-order valence-electron chi connectivity index (χ1n) is 6.86. The van der Waals surface area contributed by atoms with Crippen LogP contribution >= 0.6 is 0 Å². The molecule has 1 aliphatic carbocycles. The minimum atomic E-state index is 0.272. The van der Waals surface area contributed by atoms with Crippen molar-refractivity contribution in [1.29, 1.82) is 5.26 Å². The normalized spacial score (nSPS) is 30.3. The van der Waals surface area contributed by atoms with Crippen molar-refractivity contribution in [3.05, 3.63) is 0 Å². The predicted molar refractivity (Wildman–Crippen MR) is 68.1 cm³/mol. The maximum atomic E-state index is 9.26. The molecule has 92 valence electrons. The highest BCUT2D eigenvalue weighted by atomic mass is 15.2. The van der Waals surface area contributed by atoms with E-state index in [1.807, 2.05) is 0 Å². The third-order valence-corrected chi connectivity index (χ3v) is 3.74. The van der Waals surface area contributed by atoms with Crippen molar-refractivity contribution in [2.45, 2.75) is 58.9 Å². The van der Waals surface area contributed by atoms with Crippen molar-refractivity contribution >= 4 is 0 Å². The Morgan fingerprint density at radius 2 is 1.81 bits per heavy atom. The summed E-state index contributed by atoms with van der Waals surface area (Å²) in [6, 6.07) is 3.05. The highest BCUT2D eigenvalue weighted by molar-refractivity contribution is 4.97. The van der Waals surface area contributed by atoms with Crippen molar-refractivity contribution in [2.75, 3.05) is 13.1 Å². The highest BCUT2D eigenvalue weighted by Gasteiger charge is 2.32. The largest absolute Gasteiger partial charge is 0.299 e. The van der Waals surface area contributed by atoms with Gasteiger partial charge in [-0.05, 0) is 51.1 Å². The minimum Gasteiger partial charge on any atom is -0.299 e. The molecule has 1 rings (SSSR count). The molecule has 0 aromatic rings. The zero-order chi connectivity index (χ0) is 12.0. The van der Waals surface area contributed by atoms with E-state index in [1.165, 1.54) is 25.7 Å². The molecule has 2 heteroatoms. The van der Waals surface area contributed by atoms with Gasteiger partial charge in [-0.2, -0.15) is 5.26 Å². The summed E-state index contributed by atoms with van der Waals surface area (Å²) in [5, 5.41) is 9.26. The van der Waals surface area contributed by atoms with Crippen LogP contribution in [0.1, 0.15) is 52.9 Å². The molecule has 0 radical (unpaired) electrons. The van der Waals surface area contributed by atoms with E-state index in [-0.39, 0.29) is 5.92 Å². The second-order valence-electron chi connectivity index (χ2n) is 5.26. The van der Waals surface area contributed by atoms with Gasteiger partial charge in [-0.3, -0.25) is 4.90 Å². The molecule has 0 N–H and O–H groups in total. The summed E-state index contributed by atoms with van der Waals surface area (Å²) in [6.45, 7) is 9.11.